The second-order valence-corrected chi connectivity index (χ2v) is 6.08. The minimum Gasteiger partial charge on any atom is -0.297 e. The van der Waals surface area contributed by atoms with Crippen LogP contribution in [-0.2, 0) is 10.3 Å². The summed E-state index contributed by atoms with van der Waals surface area (Å²) < 4.78 is 0. The van der Waals surface area contributed by atoms with Crippen molar-refractivity contribution in [1.29, 1.82) is 0 Å². The van der Waals surface area contributed by atoms with E-state index in [2.05, 4.69) is 18.7 Å². The Balaban J connectivity index is 2.57. The number of hydrogen-bond donors (Lipinski definition) is 0. The fourth-order valence-electron chi connectivity index (χ4n) is 3.10. The van der Waals surface area contributed by atoms with Crippen molar-refractivity contribution in [3.8, 4) is 0 Å². The fraction of sp³-hybridized carbons (Fsp3) is 0.562. The number of Topliss-reactive ketones (excluding diaryl/α,β-unsaturated/α-hetero) is 1. The van der Waals surface area contributed by atoms with Crippen LogP contribution in [0.1, 0.15) is 45.1 Å². The molecule has 2 rings (SSSR count). The molecule has 1 atom stereocenters. The second kappa shape index (κ2) is 5.64. The van der Waals surface area contributed by atoms with E-state index in [1.54, 1.807) is 0 Å². The minimum absolute atomic E-state index is 0.304. The fourth-order valence-corrected chi connectivity index (χ4v) is 3.39. The highest BCUT2D eigenvalue weighted by Crippen LogP contribution is 2.42. The number of ketones is 1. The molecule has 0 heterocycles. The number of likely N-dealkylation sites (N-methyl/N-ethyl adjacent to an activating group) is 1. The van der Waals surface area contributed by atoms with Crippen LogP contribution in [0.2, 0.25) is 5.02 Å². The van der Waals surface area contributed by atoms with Crippen LogP contribution in [0.15, 0.2) is 24.3 Å². The summed E-state index contributed by atoms with van der Waals surface area (Å²) >= 11 is 6.38. The van der Waals surface area contributed by atoms with Gasteiger partial charge in [-0.15, -0.1) is 0 Å². The highest BCUT2D eigenvalue weighted by atomic mass is 35.5. The Hall–Kier alpha value is -0.860. The second-order valence-electron chi connectivity index (χ2n) is 5.68. The van der Waals surface area contributed by atoms with Gasteiger partial charge < -0.3 is 0 Å². The summed E-state index contributed by atoms with van der Waals surface area (Å²) in [6.07, 6.45) is 3.59. The van der Waals surface area contributed by atoms with Crippen LogP contribution in [0.4, 0.5) is 0 Å². The van der Waals surface area contributed by atoms with Crippen molar-refractivity contribution < 1.29 is 4.79 Å². The molecule has 0 bridgehead atoms. The molecule has 0 N–H and O–H groups in total. The zero-order valence-electron chi connectivity index (χ0n) is 11.9. The molecule has 0 aromatic heterocycles. The van der Waals surface area contributed by atoms with Gasteiger partial charge in [0.2, 0.25) is 0 Å². The smallest absolute Gasteiger partial charge is 0.157 e. The van der Waals surface area contributed by atoms with Gasteiger partial charge in [0.15, 0.2) is 5.78 Å². The van der Waals surface area contributed by atoms with E-state index in [0.29, 0.717) is 23.3 Å². The van der Waals surface area contributed by atoms with E-state index in [-0.39, 0.29) is 0 Å². The van der Waals surface area contributed by atoms with Crippen LogP contribution in [0.3, 0.4) is 0 Å². The lowest BCUT2D eigenvalue weighted by Crippen LogP contribution is -2.54. The van der Waals surface area contributed by atoms with Gasteiger partial charge in [0.25, 0.3) is 0 Å². The van der Waals surface area contributed by atoms with E-state index in [1.807, 2.05) is 31.3 Å². The summed E-state index contributed by atoms with van der Waals surface area (Å²) in [5.74, 6) is 0.308. The molecule has 0 radical (unpaired) electrons. The SMILES string of the molecule is CC(C)N(C)C1(c2ccccc2Cl)CCCCC1=O. The Morgan fingerprint density at radius 2 is 1.95 bits per heavy atom. The molecule has 0 saturated heterocycles. The van der Waals surface area contributed by atoms with Gasteiger partial charge in [-0.1, -0.05) is 36.2 Å². The summed E-state index contributed by atoms with van der Waals surface area (Å²) in [6, 6.07) is 8.08. The molecule has 1 aliphatic carbocycles. The van der Waals surface area contributed by atoms with E-state index in [4.69, 9.17) is 11.6 Å². The van der Waals surface area contributed by atoms with Crippen molar-refractivity contribution in [1.82, 2.24) is 4.90 Å². The molecule has 19 heavy (non-hydrogen) atoms. The van der Waals surface area contributed by atoms with Gasteiger partial charge in [0, 0.05) is 17.5 Å². The van der Waals surface area contributed by atoms with Crippen molar-refractivity contribution in [2.75, 3.05) is 7.05 Å². The monoisotopic (exact) mass is 279 g/mol. The lowest BCUT2D eigenvalue weighted by atomic mass is 9.74. The minimum atomic E-state index is -0.537. The summed E-state index contributed by atoms with van der Waals surface area (Å²) in [6.45, 7) is 4.25. The molecule has 0 spiro atoms. The number of halogens is 1. The van der Waals surface area contributed by atoms with Gasteiger partial charge in [0.1, 0.15) is 5.54 Å². The third-order valence-electron chi connectivity index (χ3n) is 4.35. The molecule has 3 heteroatoms. The first-order valence-corrected chi connectivity index (χ1v) is 7.39. The number of nitrogens with zero attached hydrogens (tertiary/aromatic N) is 1. The molecule has 0 aliphatic heterocycles. The number of rotatable bonds is 3. The average Bonchev–Trinajstić information content (AvgIpc) is 2.39. The molecule has 1 aliphatic rings. The molecular formula is C16H22ClNO. The van der Waals surface area contributed by atoms with E-state index < -0.39 is 5.54 Å². The number of carbonyl (C=O) groups excluding carboxylic acids is 1. The van der Waals surface area contributed by atoms with Crippen molar-refractivity contribution >= 4 is 17.4 Å². The molecule has 0 amide bonds. The molecule has 2 nitrogen and oxygen atoms in total. The first kappa shape index (κ1) is 14.5. The Morgan fingerprint density at radius 1 is 1.26 bits per heavy atom. The standard InChI is InChI=1S/C16H22ClNO/c1-12(2)18(3)16(11-7-6-10-15(16)19)13-8-4-5-9-14(13)17/h4-5,8-9,12H,6-7,10-11H2,1-3H3. The summed E-state index contributed by atoms with van der Waals surface area (Å²) in [5, 5.41) is 0.699. The van der Waals surface area contributed by atoms with Gasteiger partial charge in [-0.25, -0.2) is 0 Å². The quantitative estimate of drug-likeness (QED) is 0.833. The lowest BCUT2D eigenvalue weighted by molar-refractivity contribution is -0.135. The highest BCUT2D eigenvalue weighted by molar-refractivity contribution is 6.31. The average molecular weight is 280 g/mol. The molecule has 104 valence electrons. The zero-order chi connectivity index (χ0) is 14.0. The van der Waals surface area contributed by atoms with Crippen molar-refractivity contribution in [2.45, 2.75) is 51.1 Å². The van der Waals surface area contributed by atoms with Crippen LogP contribution in [-0.4, -0.2) is 23.8 Å². The molecule has 1 aromatic carbocycles. The molecule has 1 fully saturated rings. The van der Waals surface area contributed by atoms with E-state index in [9.17, 15) is 4.79 Å². The Kier molecular flexibility index (Phi) is 4.32. The van der Waals surface area contributed by atoms with Crippen molar-refractivity contribution in [3.63, 3.8) is 0 Å². The van der Waals surface area contributed by atoms with Crippen molar-refractivity contribution in [2.24, 2.45) is 0 Å². The lowest BCUT2D eigenvalue weighted by Gasteiger charge is -2.46. The molecule has 1 aromatic rings. The van der Waals surface area contributed by atoms with Gasteiger partial charge in [-0.05, 0) is 45.4 Å². The third kappa shape index (κ3) is 2.44. The largest absolute Gasteiger partial charge is 0.297 e. The zero-order valence-corrected chi connectivity index (χ0v) is 12.7. The molecular weight excluding hydrogens is 258 g/mol. The third-order valence-corrected chi connectivity index (χ3v) is 4.68. The number of carbonyl (C=O) groups is 1. The Labute approximate surface area is 120 Å². The summed E-state index contributed by atoms with van der Waals surface area (Å²) in [7, 11) is 2.04. The maximum atomic E-state index is 12.7. The predicted octanol–water partition coefficient (Wildman–Crippen LogP) is 4.02. The van der Waals surface area contributed by atoms with Crippen LogP contribution >= 0.6 is 11.6 Å². The van der Waals surface area contributed by atoms with Gasteiger partial charge in [0.05, 0.1) is 0 Å². The number of benzene rings is 1. The topological polar surface area (TPSA) is 20.3 Å². The van der Waals surface area contributed by atoms with E-state index >= 15 is 0 Å². The Bertz CT molecular complexity index is 472. The Morgan fingerprint density at radius 3 is 2.53 bits per heavy atom. The van der Waals surface area contributed by atoms with Crippen LogP contribution < -0.4 is 0 Å². The van der Waals surface area contributed by atoms with Gasteiger partial charge >= 0.3 is 0 Å². The predicted molar refractivity (Wildman–Crippen MR) is 79.5 cm³/mol. The molecule has 1 unspecified atom stereocenters. The van der Waals surface area contributed by atoms with Gasteiger partial charge in [-0.3, -0.25) is 9.69 Å². The van der Waals surface area contributed by atoms with Crippen LogP contribution in [0.5, 0.6) is 0 Å². The maximum absolute atomic E-state index is 12.7. The van der Waals surface area contributed by atoms with Crippen molar-refractivity contribution in [3.05, 3.63) is 34.9 Å². The normalized spacial score (nSPS) is 24.2. The van der Waals surface area contributed by atoms with Crippen LogP contribution in [0.25, 0.3) is 0 Å². The van der Waals surface area contributed by atoms with Crippen LogP contribution in [0, 0.1) is 0 Å². The maximum Gasteiger partial charge on any atom is 0.157 e. The highest BCUT2D eigenvalue weighted by Gasteiger charge is 2.46. The van der Waals surface area contributed by atoms with E-state index in [1.165, 1.54) is 0 Å². The van der Waals surface area contributed by atoms with E-state index in [0.717, 1.165) is 24.8 Å². The summed E-state index contributed by atoms with van der Waals surface area (Å²) in [5.41, 5.74) is 0.433. The first-order chi connectivity index (χ1) is 9.00. The number of hydrogen-bond acceptors (Lipinski definition) is 2. The molecule has 1 saturated carbocycles. The first-order valence-electron chi connectivity index (χ1n) is 7.01. The summed E-state index contributed by atoms with van der Waals surface area (Å²) in [4.78, 5) is 14.9. The van der Waals surface area contributed by atoms with Gasteiger partial charge in [-0.2, -0.15) is 0 Å².